The molecule has 2 aromatic carbocycles. The van der Waals surface area contributed by atoms with Crippen LogP contribution in [0.2, 0.25) is 0 Å². The first-order valence-corrected chi connectivity index (χ1v) is 9.39. The van der Waals surface area contributed by atoms with E-state index in [-0.39, 0.29) is 5.54 Å². The average molecular weight is 353 g/mol. The molecule has 0 amide bonds. The molecule has 0 unspecified atom stereocenters. The van der Waals surface area contributed by atoms with E-state index in [0.717, 1.165) is 0 Å². The fraction of sp³-hybridized carbons (Fsp3) is 0.217. The van der Waals surface area contributed by atoms with Crippen LogP contribution in [0.25, 0.3) is 38.7 Å². The molecule has 3 aromatic heterocycles. The minimum atomic E-state index is -0.197. The zero-order valence-corrected chi connectivity index (χ0v) is 16.0. The smallest absolute Gasteiger partial charge is 0.291 e. The molecule has 0 bridgehead atoms. The van der Waals surface area contributed by atoms with Gasteiger partial charge in [0, 0.05) is 17.1 Å². The summed E-state index contributed by atoms with van der Waals surface area (Å²) in [6.45, 7) is 6.88. The van der Waals surface area contributed by atoms with Gasteiger partial charge >= 0.3 is 0 Å². The van der Waals surface area contributed by atoms with Gasteiger partial charge in [0.05, 0.1) is 30.7 Å². The summed E-state index contributed by atoms with van der Waals surface area (Å²) in [4.78, 5) is 4.45. The summed E-state index contributed by atoms with van der Waals surface area (Å²) < 4.78 is 7.02. The summed E-state index contributed by atoms with van der Waals surface area (Å²) >= 11 is 0. The lowest BCUT2D eigenvalue weighted by molar-refractivity contribution is -0.634. The van der Waals surface area contributed by atoms with E-state index in [1.807, 2.05) is 12.5 Å². The first-order chi connectivity index (χ1) is 13.0. The third kappa shape index (κ3) is 1.60. The predicted molar refractivity (Wildman–Crippen MR) is 108 cm³/mol. The van der Waals surface area contributed by atoms with Gasteiger partial charge < -0.3 is 4.40 Å². The maximum absolute atomic E-state index is 4.45. The number of pyridine rings is 1. The monoisotopic (exact) mass is 353 g/mol. The van der Waals surface area contributed by atoms with Crippen molar-refractivity contribution in [1.82, 2.24) is 14.0 Å². The quantitative estimate of drug-likeness (QED) is 0.380. The minimum Gasteiger partial charge on any atom is -0.305 e. The van der Waals surface area contributed by atoms with Crippen LogP contribution in [0.5, 0.6) is 0 Å². The molecule has 1 aliphatic rings. The summed E-state index contributed by atoms with van der Waals surface area (Å²) in [5.41, 5.74) is 7.51. The fourth-order valence-electron chi connectivity index (χ4n) is 5.16. The molecule has 4 heterocycles. The van der Waals surface area contributed by atoms with E-state index in [1.54, 1.807) is 0 Å². The van der Waals surface area contributed by atoms with Crippen LogP contribution in [0.3, 0.4) is 0 Å². The topological polar surface area (TPSA) is 26.1 Å². The summed E-state index contributed by atoms with van der Waals surface area (Å²) in [5, 5.41) is 2.62. The average Bonchev–Trinajstić information content (AvgIpc) is 3.23. The zero-order valence-electron chi connectivity index (χ0n) is 16.0. The standard InChI is InChI=1S/C23H21N4/c1-14-9-10-15-12-26-13-24-11-18(26)21-20(15)19(14)22-25(4)16-7-5-6-8-17(16)27(22)23(21,2)3/h5-13H,1-4H3/q+1. The van der Waals surface area contributed by atoms with Crippen molar-refractivity contribution in [2.75, 3.05) is 0 Å². The lowest BCUT2D eigenvalue weighted by Crippen LogP contribution is -2.38. The van der Waals surface area contributed by atoms with E-state index in [9.17, 15) is 0 Å². The van der Waals surface area contributed by atoms with Crippen molar-refractivity contribution in [3.05, 3.63) is 66.2 Å². The van der Waals surface area contributed by atoms with Gasteiger partial charge in [0.1, 0.15) is 5.54 Å². The van der Waals surface area contributed by atoms with Gasteiger partial charge in [0.2, 0.25) is 0 Å². The van der Waals surface area contributed by atoms with E-state index >= 15 is 0 Å². The molecule has 4 heteroatoms. The van der Waals surface area contributed by atoms with Gasteiger partial charge in [-0.2, -0.15) is 0 Å². The van der Waals surface area contributed by atoms with Crippen molar-refractivity contribution in [1.29, 1.82) is 0 Å². The van der Waals surface area contributed by atoms with Crippen LogP contribution in [-0.4, -0.2) is 14.0 Å². The Kier molecular flexibility index (Phi) is 2.54. The summed E-state index contributed by atoms with van der Waals surface area (Å²) in [6.07, 6.45) is 6.11. The normalized spacial score (nSPS) is 15.0. The molecule has 0 N–H and O–H groups in total. The molecule has 1 aliphatic heterocycles. The first kappa shape index (κ1) is 15.0. The maximum Gasteiger partial charge on any atom is 0.291 e. The molecule has 0 saturated carbocycles. The molecule has 0 spiro atoms. The highest BCUT2D eigenvalue weighted by atomic mass is 15.2. The number of nitrogens with zero attached hydrogens (tertiary/aromatic N) is 4. The van der Waals surface area contributed by atoms with Crippen LogP contribution >= 0.6 is 0 Å². The molecular formula is C23H21N4+. The van der Waals surface area contributed by atoms with Crippen molar-refractivity contribution in [3.8, 4) is 11.4 Å². The number of fused-ring (bicyclic) bond motifs is 6. The molecule has 0 aliphatic carbocycles. The van der Waals surface area contributed by atoms with Gasteiger partial charge in [-0.15, -0.1) is 0 Å². The van der Waals surface area contributed by atoms with Crippen LogP contribution in [0.15, 0.2) is 55.1 Å². The Balaban J connectivity index is 1.99. The van der Waals surface area contributed by atoms with Crippen LogP contribution in [-0.2, 0) is 12.6 Å². The van der Waals surface area contributed by atoms with Crippen LogP contribution in [0, 0.1) is 6.92 Å². The van der Waals surface area contributed by atoms with Gasteiger partial charge in [0.25, 0.3) is 5.82 Å². The highest BCUT2D eigenvalue weighted by molar-refractivity contribution is 6.04. The number of para-hydroxylation sites is 2. The summed E-state index contributed by atoms with van der Waals surface area (Å²) in [5.74, 6) is 1.28. The molecule has 0 atom stereocenters. The summed E-state index contributed by atoms with van der Waals surface area (Å²) in [6, 6.07) is 13.2. The van der Waals surface area contributed by atoms with Crippen molar-refractivity contribution >= 4 is 27.3 Å². The van der Waals surface area contributed by atoms with Gasteiger partial charge in [-0.25, -0.2) is 14.1 Å². The number of imidazole rings is 2. The lowest BCUT2D eigenvalue weighted by atomic mass is 9.82. The second-order valence-electron chi connectivity index (χ2n) is 8.18. The number of aromatic nitrogens is 4. The van der Waals surface area contributed by atoms with Gasteiger partial charge in [-0.05, 0) is 43.9 Å². The summed E-state index contributed by atoms with van der Waals surface area (Å²) in [7, 11) is 2.19. The molecule has 0 radical (unpaired) electrons. The molecule has 132 valence electrons. The van der Waals surface area contributed by atoms with E-state index in [4.69, 9.17) is 0 Å². The van der Waals surface area contributed by atoms with Crippen molar-refractivity contribution in [3.63, 3.8) is 0 Å². The van der Waals surface area contributed by atoms with Crippen molar-refractivity contribution < 1.29 is 4.57 Å². The molecule has 5 aromatic rings. The number of benzene rings is 2. The fourth-order valence-corrected chi connectivity index (χ4v) is 5.16. The Morgan fingerprint density at radius 2 is 1.85 bits per heavy atom. The molecule has 0 fully saturated rings. The maximum atomic E-state index is 4.45. The van der Waals surface area contributed by atoms with E-state index in [2.05, 4.69) is 88.9 Å². The number of hydrogen-bond donors (Lipinski definition) is 0. The van der Waals surface area contributed by atoms with Crippen molar-refractivity contribution in [2.24, 2.45) is 7.05 Å². The van der Waals surface area contributed by atoms with Crippen LogP contribution in [0.4, 0.5) is 0 Å². The number of rotatable bonds is 0. The van der Waals surface area contributed by atoms with Crippen LogP contribution < -0.4 is 4.57 Å². The number of hydrogen-bond acceptors (Lipinski definition) is 1. The molecule has 4 nitrogen and oxygen atoms in total. The first-order valence-electron chi connectivity index (χ1n) is 9.39. The second-order valence-corrected chi connectivity index (χ2v) is 8.18. The molecular weight excluding hydrogens is 332 g/mol. The third-order valence-electron chi connectivity index (χ3n) is 6.30. The molecule has 0 saturated heterocycles. The minimum absolute atomic E-state index is 0.197. The van der Waals surface area contributed by atoms with Crippen molar-refractivity contribution in [2.45, 2.75) is 26.3 Å². The van der Waals surface area contributed by atoms with Gasteiger partial charge in [0.15, 0.2) is 11.0 Å². The largest absolute Gasteiger partial charge is 0.305 e. The predicted octanol–water partition coefficient (Wildman–Crippen LogP) is 4.34. The third-order valence-corrected chi connectivity index (χ3v) is 6.30. The van der Waals surface area contributed by atoms with E-state index < -0.39 is 0 Å². The van der Waals surface area contributed by atoms with E-state index in [1.165, 1.54) is 49.8 Å². The number of aryl methyl sites for hydroxylation is 2. The Morgan fingerprint density at radius 1 is 1.04 bits per heavy atom. The Labute approximate surface area is 157 Å². The zero-order chi connectivity index (χ0) is 18.5. The molecule has 27 heavy (non-hydrogen) atoms. The molecule has 6 rings (SSSR count). The highest BCUT2D eigenvalue weighted by Crippen LogP contribution is 2.47. The Hall–Kier alpha value is -3.14. The SMILES string of the molecule is Cc1ccc2cn3cncc3c3c2c1-c1n(c2ccccc2[n+]1C)C3(C)C. The van der Waals surface area contributed by atoms with Gasteiger partial charge in [-0.3, -0.25) is 0 Å². The second kappa shape index (κ2) is 4.58. The van der Waals surface area contributed by atoms with Gasteiger partial charge in [-0.1, -0.05) is 24.3 Å². The van der Waals surface area contributed by atoms with Crippen LogP contribution in [0.1, 0.15) is 25.0 Å². The highest BCUT2D eigenvalue weighted by Gasteiger charge is 2.44. The Bertz CT molecular complexity index is 1420. The van der Waals surface area contributed by atoms with E-state index in [0.29, 0.717) is 0 Å². The Morgan fingerprint density at radius 3 is 2.70 bits per heavy atom. The lowest BCUT2D eigenvalue weighted by Gasteiger charge is -2.31.